The van der Waals surface area contributed by atoms with Gasteiger partial charge in [0.1, 0.15) is 11.6 Å². The summed E-state index contributed by atoms with van der Waals surface area (Å²) in [6.45, 7) is 3.71. The Morgan fingerprint density at radius 1 is 1.07 bits per heavy atom. The predicted molar refractivity (Wildman–Crippen MR) is 152 cm³/mol. The molecular weight excluding hydrogens is 563 g/mol. The second-order valence-corrected chi connectivity index (χ2v) is 10.2. The summed E-state index contributed by atoms with van der Waals surface area (Å²) < 4.78 is 39.7. The monoisotopic (exact) mass is 589 g/mol. The van der Waals surface area contributed by atoms with E-state index in [4.69, 9.17) is 26.3 Å². The molecule has 0 saturated carbocycles. The molecule has 0 aliphatic carbocycles. The van der Waals surface area contributed by atoms with Crippen molar-refractivity contribution >= 4 is 46.9 Å². The normalized spacial score (nSPS) is 16.8. The van der Waals surface area contributed by atoms with Gasteiger partial charge >= 0.3 is 0 Å². The lowest BCUT2D eigenvalue weighted by Crippen LogP contribution is -2.45. The molecule has 2 atom stereocenters. The van der Waals surface area contributed by atoms with Crippen molar-refractivity contribution in [1.29, 1.82) is 0 Å². The van der Waals surface area contributed by atoms with E-state index in [0.29, 0.717) is 57.0 Å². The molecule has 0 spiro atoms. The molecule has 0 bridgehead atoms. The standard InChI is InChI=1S/C27H25ClFN5O2S.CH2F2/c1-15-13-34(14-16(2)36-15)26-9-20(29)8-25(33-26)23-4-3-17-11-30-21(10-24(17)32-23)12-31-27(35)18-5-19(28)7-22(37)6-18;2-1-3/h3-11,15-16,37H,12-14H2,1-2H3,(H,31,35);1H2. The SMILES string of the molecule is CC1CN(c2cc(F)cc(-c3ccc4cnc(CNC(=O)c5cc(S)cc(Cl)c5)cc4n3)n2)CC(C)O1.FCF. The highest BCUT2D eigenvalue weighted by atomic mass is 35.5. The molecule has 1 amide bonds. The van der Waals surface area contributed by atoms with E-state index in [-0.39, 0.29) is 30.5 Å². The van der Waals surface area contributed by atoms with Gasteiger partial charge in [0.15, 0.2) is 0 Å². The first-order valence-electron chi connectivity index (χ1n) is 12.4. The van der Waals surface area contributed by atoms with Crippen molar-refractivity contribution in [1.82, 2.24) is 20.3 Å². The number of pyridine rings is 3. The lowest BCUT2D eigenvalue weighted by atomic mass is 10.1. The molecule has 2 unspecified atom stereocenters. The highest BCUT2D eigenvalue weighted by molar-refractivity contribution is 7.80. The highest BCUT2D eigenvalue weighted by Crippen LogP contribution is 2.26. The quantitative estimate of drug-likeness (QED) is 0.270. The molecule has 1 aliphatic heterocycles. The molecule has 7 nitrogen and oxygen atoms in total. The lowest BCUT2D eigenvalue weighted by molar-refractivity contribution is -0.00547. The summed E-state index contributed by atoms with van der Waals surface area (Å²) in [7, 11) is 0. The van der Waals surface area contributed by atoms with Crippen LogP contribution in [-0.2, 0) is 11.3 Å². The first-order chi connectivity index (χ1) is 19.1. The van der Waals surface area contributed by atoms with Gasteiger partial charge in [0.25, 0.3) is 5.91 Å². The molecule has 4 heterocycles. The Kier molecular flexibility index (Phi) is 9.83. The summed E-state index contributed by atoms with van der Waals surface area (Å²) in [5.74, 6) is -0.107. The zero-order valence-electron chi connectivity index (χ0n) is 21.7. The number of halogens is 4. The molecule has 3 aromatic heterocycles. The van der Waals surface area contributed by atoms with E-state index in [9.17, 15) is 18.0 Å². The molecule has 1 N–H and O–H groups in total. The fourth-order valence-electron chi connectivity index (χ4n) is 4.42. The second kappa shape index (κ2) is 13.3. The average molecular weight is 590 g/mol. The number of ether oxygens (including phenoxy) is 1. The molecule has 1 aromatic carbocycles. The summed E-state index contributed by atoms with van der Waals surface area (Å²) in [6.07, 6.45) is 1.75. The number of anilines is 1. The number of carbonyl (C=O) groups excluding carboxylic acids is 1. The van der Waals surface area contributed by atoms with Gasteiger partial charge in [0, 0.05) is 52.3 Å². The van der Waals surface area contributed by atoms with Crippen LogP contribution in [0, 0.1) is 5.82 Å². The number of alkyl halides is 2. The van der Waals surface area contributed by atoms with Gasteiger partial charge in [-0.3, -0.25) is 9.78 Å². The number of benzene rings is 1. The maximum absolute atomic E-state index is 14.6. The van der Waals surface area contributed by atoms with E-state index in [1.165, 1.54) is 12.1 Å². The van der Waals surface area contributed by atoms with Crippen LogP contribution in [0.15, 0.2) is 59.6 Å². The summed E-state index contributed by atoms with van der Waals surface area (Å²) in [5, 5.41) is 4.09. The molecule has 12 heteroatoms. The Labute approximate surface area is 240 Å². The fraction of sp³-hybridized carbons (Fsp3) is 0.286. The van der Waals surface area contributed by atoms with E-state index < -0.39 is 6.93 Å². The maximum atomic E-state index is 14.6. The number of nitrogens with zero attached hydrogens (tertiary/aromatic N) is 4. The molecule has 210 valence electrons. The number of rotatable bonds is 5. The first kappa shape index (κ1) is 29.6. The van der Waals surface area contributed by atoms with Crippen LogP contribution in [0.1, 0.15) is 29.9 Å². The van der Waals surface area contributed by atoms with Crippen molar-refractivity contribution in [3.8, 4) is 11.4 Å². The molecule has 1 saturated heterocycles. The van der Waals surface area contributed by atoms with Gasteiger partial charge in [-0.25, -0.2) is 23.1 Å². The summed E-state index contributed by atoms with van der Waals surface area (Å²) in [5.41, 5.74) is 2.69. The number of aromatic nitrogens is 3. The second-order valence-electron chi connectivity index (χ2n) is 9.24. The van der Waals surface area contributed by atoms with Crippen LogP contribution in [-0.4, -0.2) is 53.1 Å². The molecule has 0 radical (unpaired) electrons. The van der Waals surface area contributed by atoms with Crippen LogP contribution in [0.5, 0.6) is 0 Å². The minimum atomic E-state index is -1.75. The fourth-order valence-corrected chi connectivity index (χ4v) is 5.01. The van der Waals surface area contributed by atoms with Gasteiger partial charge in [0.2, 0.25) is 6.93 Å². The summed E-state index contributed by atoms with van der Waals surface area (Å²) in [4.78, 5) is 29.0. The van der Waals surface area contributed by atoms with Crippen LogP contribution < -0.4 is 10.2 Å². The Morgan fingerprint density at radius 2 is 1.80 bits per heavy atom. The lowest BCUT2D eigenvalue weighted by Gasteiger charge is -2.36. The van der Waals surface area contributed by atoms with Crippen molar-refractivity contribution in [2.45, 2.75) is 37.5 Å². The van der Waals surface area contributed by atoms with Gasteiger partial charge in [-0.1, -0.05) is 11.6 Å². The molecule has 1 aliphatic rings. The third-order valence-electron chi connectivity index (χ3n) is 5.99. The minimum Gasteiger partial charge on any atom is -0.372 e. The Balaban J connectivity index is 0.00000118. The van der Waals surface area contributed by atoms with Crippen molar-refractivity contribution < 1.29 is 22.7 Å². The Hall–Kier alpha value is -3.41. The molecule has 40 heavy (non-hydrogen) atoms. The maximum Gasteiger partial charge on any atom is 0.251 e. The smallest absolute Gasteiger partial charge is 0.251 e. The number of thiol groups is 1. The molecule has 5 rings (SSSR count). The van der Waals surface area contributed by atoms with E-state index in [1.807, 2.05) is 24.8 Å². The van der Waals surface area contributed by atoms with Gasteiger partial charge in [0.05, 0.1) is 41.4 Å². The van der Waals surface area contributed by atoms with Gasteiger partial charge in [-0.15, -0.1) is 12.6 Å². The summed E-state index contributed by atoms with van der Waals surface area (Å²) >= 11 is 10.3. The number of hydrogen-bond acceptors (Lipinski definition) is 7. The zero-order chi connectivity index (χ0) is 28.8. The first-order valence-corrected chi connectivity index (χ1v) is 13.2. The number of fused-ring (bicyclic) bond motifs is 1. The molecular formula is C28H27ClF3N5O2S. The van der Waals surface area contributed by atoms with Crippen molar-refractivity contribution in [2.24, 2.45) is 0 Å². The van der Waals surface area contributed by atoms with Gasteiger partial charge in [-0.05, 0) is 50.2 Å². The topological polar surface area (TPSA) is 80.2 Å². The molecule has 1 fully saturated rings. The number of carbonyl (C=O) groups is 1. The zero-order valence-corrected chi connectivity index (χ0v) is 23.4. The average Bonchev–Trinajstić information content (AvgIpc) is 2.90. The predicted octanol–water partition coefficient (Wildman–Crippen LogP) is 6.20. The van der Waals surface area contributed by atoms with E-state index >= 15 is 0 Å². The van der Waals surface area contributed by atoms with E-state index in [2.05, 4.69) is 22.9 Å². The largest absolute Gasteiger partial charge is 0.372 e. The van der Waals surface area contributed by atoms with Gasteiger partial charge in [-0.2, -0.15) is 0 Å². The number of hydrogen-bond donors (Lipinski definition) is 2. The molecule has 4 aromatic rings. The van der Waals surface area contributed by atoms with Crippen LogP contribution in [0.2, 0.25) is 5.02 Å². The van der Waals surface area contributed by atoms with Crippen molar-refractivity contribution in [2.75, 3.05) is 24.9 Å². The van der Waals surface area contributed by atoms with Crippen molar-refractivity contribution in [3.63, 3.8) is 0 Å². The van der Waals surface area contributed by atoms with Crippen LogP contribution in [0.25, 0.3) is 22.3 Å². The Bertz CT molecular complexity index is 1480. The van der Waals surface area contributed by atoms with Crippen molar-refractivity contribution in [3.05, 3.63) is 76.8 Å². The third kappa shape index (κ3) is 7.61. The third-order valence-corrected chi connectivity index (χ3v) is 6.46. The number of morpholine rings is 1. The number of amides is 1. The number of nitrogens with one attached hydrogen (secondary N) is 1. The van der Waals surface area contributed by atoms with E-state index in [1.54, 1.807) is 36.5 Å². The van der Waals surface area contributed by atoms with Crippen LogP contribution >= 0.6 is 24.2 Å². The van der Waals surface area contributed by atoms with Crippen LogP contribution in [0.4, 0.5) is 19.0 Å². The van der Waals surface area contributed by atoms with E-state index in [0.717, 1.165) is 5.39 Å². The minimum absolute atomic E-state index is 0.0290. The van der Waals surface area contributed by atoms with Gasteiger partial charge < -0.3 is 15.0 Å². The Morgan fingerprint density at radius 3 is 2.50 bits per heavy atom. The highest BCUT2D eigenvalue weighted by Gasteiger charge is 2.24. The van der Waals surface area contributed by atoms with Crippen LogP contribution in [0.3, 0.4) is 0 Å². The summed E-state index contributed by atoms with van der Waals surface area (Å²) in [6, 6.07) is 13.2.